The van der Waals surface area contributed by atoms with Gasteiger partial charge in [0.2, 0.25) is 10.0 Å². The largest absolute Gasteiger partial charge is 0.494 e. The molecular formula is C32H34N4O5S. The fourth-order valence-electron chi connectivity index (χ4n) is 5.21. The van der Waals surface area contributed by atoms with Crippen LogP contribution in [0.15, 0.2) is 94.7 Å². The molecular weight excluding hydrogens is 552 g/mol. The Labute approximate surface area is 245 Å². The summed E-state index contributed by atoms with van der Waals surface area (Å²) in [5.74, 6) is 1.00. The van der Waals surface area contributed by atoms with Crippen molar-refractivity contribution in [1.29, 1.82) is 0 Å². The summed E-state index contributed by atoms with van der Waals surface area (Å²) >= 11 is 0. The third-order valence-corrected chi connectivity index (χ3v) is 9.09. The van der Waals surface area contributed by atoms with E-state index in [2.05, 4.69) is 4.98 Å². The minimum atomic E-state index is -4.11. The number of methoxy groups -OCH3 is 1. The molecule has 1 atom stereocenters. The summed E-state index contributed by atoms with van der Waals surface area (Å²) in [7, 11) is -2.52. The summed E-state index contributed by atoms with van der Waals surface area (Å²) < 4.78 is 42.9. The number of hydrogen-bond donors (Lipinski definition) is 0. The van der Waals surface area contributed by atoms with E-state index in [9.17, 15) is 13.2 Å². The van der Waals surface area contributed by atoms with Crippen LogP contribution in [0.1, 0.15) is 38.6 Å². The van der Waals surface area contributed by atoms with Gasteiger partial charge in [-0.3, -0.25) is 14.3 Å². The Kier molecular flexibility index (Phi) is 8.96. The summed E-state index contributed by atoms with van der Waals surface area (Å²) in [5, 5.41) is 1.16. The van der Waals surface area contributed by atoms with Gasteiger partial charge in [0.05, 0.1) is 34.8 Å². The van der Waals surface area contributed by atoms with E-state index < -0.39 is 16.1 Å². The molecule has 0 spiro atoms. The minimum Gasteiger partial charge on any atom is -0.494 e. The molecule has 9 nitrogen and oxygen atoms in total. The first kappa shape index (κ1) is 29.4. The molecule has 3 aromatic carbocycles. The van der Waals surface area contributed by atoms with Crippen molar-refractivity contribution in [3.05, 3.63) is 101 Å². The molecule has 0 bridgehead atoms. The highest BCUT2D eigenvalue weighted by Gasteiger charge is 2.35. The zero-order chi connectivity index (χ0) is 29.7. The summed E-state index contributed by atoms with van der Waals surface area (Å²) in [6, 6.07) is 22.2. The lowest BCUT2D eigenvalue weighted by Gasteiger charge is -2.31. The zero-order valence-corrected chi connectivity index (χ0v) is 24.8. The van der Waals surface area contributed by atoms with Gasteiger partial charge in [0.25, 0.3) is 5.56 Å². The van der Waals surface area contributed by atoms with E-state index in [-0.39, 0.29) is 17.0 Å². The first-order valence-corrected chi connectivity index (χ1v) is 15.4. The number of nitrogens with zero attached hydrogens (tertiary/aromatic N) is 4. The average molecular weight is 587 g/mol. The van der Waals surface area contributed by atoms with Crippen molar-refractivity contribution in [2.24, 2.45) is 0 Å². The molecule has 1 unspecified atom stereocenters. The number of aromatic nitrogens is 3. The maximum Gasteiger partial charge on any atom is 0.266 e. The number of sulfonamides is 1. The Morgan fingerprint density at radius 3 is 2.45 bits per heavy atom. The van der Waals surface area contributed by atoms with E-state index >= 15 is 0 Å². The third-order valence-electron chi connectivity index (χ3n) is 7.15. The van der Waals surface area contributed by atoms with Crippen molar-refractivity contribution in [2.75, 3.05) is 26.9 Å². The normalized spacial score (nSPS) is 12.7. The number of para-hydroxylation sites is 2. The van der Waals surface area contributed by atoms with E-state index in [0.29, 0.717) is 59.7 Å². The first-order chi connectivity index (χ1) is 20.4. The van der Waals surface area contributed by atoms with Gasteiger partial charge in [-0.25, -0.2) is 13.4 Å². The lowest BCUT2D eigenvalue weighted by Crippen LogP contribution is -2.39. The Morgan fingerprint density at radius 1 is 0.952 bits per heavy atom. The highest BCUT2D eigenvalue weighted by atomic mass is 32.2. The van der Waals surface area contributed by atoms with Crippen LogP contribution in [0.4, 0.5) is 0 Å². The highest BCUT2D eigenvalue weighted by molar-refractivity contribution is 7.89. The molecule has 2 heterocycles. The van der Waals surface area contributed by atoms with Crippen LogP contribution in [0.2, 0.25) is 0 Å². The predicted molar refractivity (Wildman–Crippen MR) is 164 cm³/mol. The molecule has 0 aliphatic rings. The molecule has 10 heteroatoms. The van der Waals surface area contributed by atoms with Gasteiger partial charge in [0.1, 0.15) is 16.5 Å². The molecule has 0 fully saturated rings. The van der Waals surface area contributed by atoms with E-state index in [1.165, 1.54) is 8.87 Å². The molecule has 0 amide bonds. The molecule has 5 aromatic rings. The molecule has 0 radical (unpaired) electrons. The van der Waals surface area contributed by atoms with Crippen LogP contribution < -0.4 is 10.3 Å². The summed E-state index contributed by atoms with van der Waals surface area (Å²) in [4.78, 5) is 23.5. The van der Waals surface area contributed by atoms with Crippen molar-refractivity contribution >= 4 is 31.8 Å². The van der Waals surface area contributed by atoms with Gasteiger partial charge >= 0.3 is 0 Å². The van der Waals surface area contributed by atoms with Gasteiger partial charge in [-0.15, -0.1) is 0 Å². The quantitative estimate of drug-likeness (QED) is 0.178. The Morgan fingerprint density at radius 2 is 1.71 bits per heavy atom. The van der Waals surface area contributed by atoms with Crippen LogP contribution in [0.3, 0.4) is 0 Å². The molecule has 0 N–H and O–H groups in total. The van der Waals surface area contributed by atoms with Crippen molar-refractivity contribution in [2.45, 2.75) is 37.6 Å². The van der Waals surface area contributed by atoms with E-state index in [4.69, 9.17) is 14.5 Å². The summed E-state index contributed by atoms with van der Waals surface area (Å²) in [5.41, 5.74) is 1.18. The van der Waals surface area contributed by atoms with Crippen LogP contribution in [-0.2, 0) is 14.8 Å². The van der Waals surface area contributed by atoms with Crippen LogP contribution in [0.25, 0.3) is 27.5 Å². The number of rotatable bonds is 12. The maximum absolute atomic E-state index is 14.5. The van der Waals surface area contributed by atoms with Crippen molar-refractivity contribution in [3.63, 3.8) is 0 Å². The van der Waals surface area contributed by atoms with Gasteiger partial charge in [-0.05, 0) is 68.3 Å². The Hall–Kier alpha value is -4.12. The molecule has 0 aliphatic carbocycles. The van der Waals surface area contributed by atoms with Crippen LogP contribution in [0.5, 0.6) is 5.75 Å². The van der Waals surface area contributed by atoms with E-state index in [1.54, 1.807) is 74.0 Å². The zero-order valence-electron chi connectivity index (χ0n) is 23.9. The number of ether oxygens (including phenoxy) is 2. The van der Waals surface area contributed by atoms with Crippen LogP contribution >= 0.6 is 0 Å². The highest BCUT2D eigenvalue weighted by Crippen LogP contribution is 2.33. The Bertz CT molecular complexity index is 1850. The number of pyridine rings is 1. The van der Waals surface area contributed by atoms with Crippen LogP contribution in [-0.4, -0.2) is 54.1 Å². The maximum atomic E-state index is 14.5. The second-order valence-corrected chi connectivity index (χ2v) is 11.6. The lowest BCUT2D eigenvalue weighted by molar-refractivity contribution is 0.179. The molecule has 2 aromatic heterocycles. The monoisotopic (exact) mass is 586 g/mol. The van der Waals surface area contributed by atoms with Crippen molar-refractivity contribution in [1.82, 2.24) is 18.8 Å². The minimum absolute atomic E-state index is 0.104. The predicted octanol–water partition coefficient (Wildman–Crippen LogP) is 5.51. The Balaban J connectivity index is 1.74. The summed E-state index contributed by atoms with van der Waals surface area (Å²) in [6.45, 7) is 4.84. The fraction of sp³-hybridized carbons (Fsp3) is 0.281. The number of hydrogen-bond acceptors (Lipinski definition) is 7. The van der Waals surface area contributed by atoms with Gasteiger partial charge < -0.3 is 9.47 Å². The van der Waals surface area contributed by atoms with Gasteiger partial charge in [-0.1, -0.05) is 37.3 Å². The van der Waals surface area contributed by atoms with Gasteiger partial charge in [-0.2, -0.15) is 4.31 Å². The summed E-state index contributed by atoms with van der Waals surface area (Å²) in [6.07, 6.45) is 2.40. The molecule has 0 aliphatic heterocycles. The number of benzene rings is 3. The first-order valence-electron chi connectivity index (χ1n) is 14.0. The van der Waals surface area contributed by atoms with E-state index in [1.807, 2.05) is 32.0 Å². The molecule has 0 saturated heterocycles. The SMILES string of the molecule is CCOc1ccc(-n2c(C(CC)N(CCCOC)S(=O)(=O)c3cccc4cccnc34)nc3ccccc3c2=O)cc1. The van der Waals surface area contributed by atoms with E-state index in [0.717, 1.165) is 5.39 Å². The van der Waals surface area contributed by atoms with Crippen LogP contribution in [0, 0.1) is 0 Å². The average Bonchev–Trinajstić information content (AvgIpc) is 3.01. The second kappa shape index (κ2) is 12.8. The molecule has 218 valence electrons. The van der Waals surface area contributed by atoms with Gasteiger partial charge in [0.15, 0.2) is 0 Å². The fourth-order valence-corrected chi connectivity index (χ4v) is 7.08. The standard InChI is InChI=1S/C32H34N4O5S/c1-4-28(35(21-10-22-40-3)42(38,39)29-15-8-11-23-12-9-20-33-30(23)29)31-34-27-14-7-6-13-26(27)32(37)36(31)24-16-18-25(19-17-24)41-5-2/h6-9,11-20,28H,4-5,10,21-22H2,1-3H3. The smallest absolute Gasteiger partial charge is 0.266 e. The molecule has 42 heavy (non-hydrogen) atoms. The van der Waals surface area contributed by atoms with Crippen molar-refractivity contribution in [3.8, 4) is 11.4 Å². The topological polar surface area (TPSA) is 104 Å². The van der Waals surface area contributed by atoms with Crippen molar-refractivity contribution < 1.29 is 17.9 Å². The molecule has 0 saturated carbocycles. The number of fused-ring (bicyclic) bond motifs is 2. The van der Waals surface area contributed by atoms with Gasteiger partial charge in [0, 0.05) is 31.8 Å². The third kappa shape index (κ3) is 5.65. The molecule has 5 rings (SSSR count). The second-order valence-electron chi connectivity index (χ2n) is 9.77. The lowest BCUT2D eigenvalue weighted by atomic mass is 10.1.